The van der Waals surface area contributed by atoms with Crippen LogP contribution in [0.25, 0.3) is 0 Å². The molecule has 4 nitrogen and oxygen atoms in total. The van der Waals surface area contributed by atoms with E-state index in [4.69, 9.17) is 22.1 Å². The number of carbonyl (C=O) groups is 1. The Morgan fingerprint density at radius 3 is 2.88 bits per heavy atom. The van der Waals surface area contributed by atoms with Gasteiger partial charge < -0.3 is 15.8 Å². The topological polar surface area (TPSA) is 64.3 Å². The Morgan fingerprint density at radius 1 is 1.56 bits per heavy atom. The fraction of sp³-hybridized carbons (Fsp3) is 0.364. The van der Waals surface area contributed by atoms with Crippen LogP contribution >= 0.6 is 11.6 Å². The molecule has 1 aromatic carbocycles. The molecule has 0 radical (unpaired) electrons. The summed E-state index contributed by atoms with van der Waals surface area (Å²) in [6, 6.07) is 5.10. The van der Waals surface area contributed by atoms with E-state index < -0.39 is 0 Å². The zero-order valence-electron chi connectivity index (χ0n) is 9.13. The summed E-state index contributed by atoms with van der Waals surface area (Å²) in [5.41, 5.74) is 5.90. The van der Waals surface area contributed by atoms with Gasteiger partial charge in [0.25, 0.3) is 0 Å². The van der Waals surface area contributed by atoms with Crippen LogP contribution in [0.2, 0.25) is 5.02 Å². The van der Waals surface area contributed by atoms with Gasteiger partial charge in [0.05, 0.1) is 17.8 Å². The minimum atomic E-state index is -0.0856. The molecule has 1 rings (SSSR count). The lowest BCUT2D eigenvalue weighted by Crippen LogP contribution is -2.13. The van der Waals surface area contributed by atoms with E-state index in [-0.39, 0.29) is 5.91 Å². The molecule has 0 spiro atoms. The van der Waals surface area contributed by atoms with E-state index in [0.29, 0.717) is 35.8 Å². The van der Waals surface area contributed by atoms with Gasteiger partial charge in [0.1, 0.15) is 5.75 Å². The van der Waals surface area contributed by atoms with E-state index in [9.17, 15) is 4.79 Å². The van der Waals surface area contributed by atoms with E-state index in [2.05, 4.69) is 5.32 Å². The number of anilines is 1. The first-order chi connectivity index (χ1) is 7.67. The Labute approximate surface area is 99.7 Å². The predicted octanol–water partition coefficient (Wildman–Crippen LogP) is 2.03. The van der Waals surface area contributed by atoms with Crippen molar-refractivity contribution in [1.82, 2.24) is 0 Å². The van der Waals surface area contributed by atoms with Crippen LogP contribution < -0.4 is 15.8 Å². The number of nitrogens with two attached hydrogens (primary N) is 1. The SMILES string of the molecule is COc1ccc(NC(=O)CCCN)c(Cl)c1. The number of halogens is 1. The smallest absolute Gasteiger partial charge is 0.224 e. The fourth-order valence-corrected chi connectivity index (χ4v) is 1.42. The van der Waals surface area contributed by atoms with Gasteiger partial charge in [0.15, 0.2) is 0 Å². The number of hydrogen-bond donors (Lipinski definition) is 2. The van der Waals surface area contributed by atoms with Crippen LogP contribution in [0, 0.1) is 0 Å². The molecule has 0 aromatic heterocycles. The van der Waals surface area contributed by atoms with Crippen molar-refractivity contribution < 1.29 is 9.53 Å². The maximum Gasteiger partial charge on any atom is 0.224 e. The van der Waals surface area contributed by atoms with Crippen molar-refractivity contribution in [2.45, 2.75) is 12.8 Å². The van der Waals surface area contributed by atoms with Crippen molar-refractivity contribution in [2.75, 3.05) is 19.0 Å². The number of ether oxygens (including phenoxy) is 1. The molecule has 0 saturated heterocycles. The number of amides is 1. The van der Waals surface area contributed by atoms with Gasteiger partial charge in [0, 0.05) is 12.5 Å². The molecular formula is C11H15ClN2O2. The summed E-state index contributed by atoms with van der Waals surface area (Å²) in [5.74, 6) is 0.572. The lowest BCUT2D eigenvalue weighted by Gasteiger charge is -2.08. The Kier molecular flexibility index (Phi) is 5.08. The number of methoxy groups -OCH3 is 1. The third kappa shape index (κ3) is 3.72. The van der Waals surface area contributed by atoms with E-state index in [1.54, 1.807) is 25.3 Å². The first-order valence-corrected chi connectivity index (χ1v) is 5.38. The summed E-state index contributed by atoms with van der Waals surface area (Å²) in [5, 5.41) is 3.17. The summed E-state index contributed by atoms with van der Waals surface area (Å²) in [6.45, 7) is 0.504. The van der Waals surface area contributed by atoms with Crippen LogP contribution in [0.1, 0.15) is 12.8 Å². The van der Waals surface area contributed by atoms with Gasteiger partial charge >= 0.3 is 0 Å². The van der Waals surface area contributed by atoms with Crippen LogP contribution in [0.3, 0.4) is 0 Å². The average molecular weight is 243 g/mol. The van der Waals surface area contributed by atoms with Crippen molar-refractivity contribution >= 4 is 23.2 Å². The van der Waals surface area contributed by atoms with E-state index >= 15 is 0 Å². The first kappa shape index (κ1) is 12.8. The predicted molar refractivity (Wildman–Crippen MR) is 64.9 cm³/mol. The third-order valence-electron chi connectivity index (χ3n) is 2.06. The summed E-state index contributed by atoms with van der Waals surface area (Å²) in [6.07, 6.45) is 1.07. The highest BCUT2D eigenvalue weighted by Gasteiger charge is 2.06. The highest BCUT2D eigenvalue weighted by atomic mass is 35.5. The van der Waals surface area contributed by atoms with Crippen molar-refractivity contribution in [2.24, 2.45) is 5.73 Å². The number of carbonyl (C=O) groups excluding carboxylic acids is 1. The van der Waals surface area contributed by atoms with E-state index in [1.165, 1.54) is 0 Å². The molecule has 0 saturated carbocycles. The van der Waals surface area contributed by atoms with Gasteiger partial charge in [-0.25, -0.2) is 0 Å². The van der Waals surface area contributed by atoms with Gasteiger partial charge in [-0.3, -0.25) is 4.79 Å². The second kappa shape index (κ2) is 6.35. The van der Waals surface area contributed by atoms with Gasteiger partial charge in [-0.15, -0.1) is 0 Å². The molecule has 5 heteroatoms. The van der Waals surface area contributed by atoms with Crippen LogP contribution in [0.5, 0.6) is 5.75 Å². The van der Waals surface area contributed by atoms with Crippen LogP contribution in [0.15, 0.2) is 18.2 Å². The Balaban J connectivity index is 2.63. The molecule has 3 N–H and O–H groups in total. The van der Waals surface area contributed by atoms with Crippen molar-refractivity contribution in [3.8, 4) is 5.75 Å². The highest BCUT2D eigenvalue weighted by Crippen LogP contribution is 2.26. The minimum absolute atomic E-state index is 0.0856. The third-order valence-corrected chi connectivity index (χ3v) is 2.37. The number of hydrogen-bond acceptors (Lipinski definition) is 3. The maximum absolute atomic E-state index is 11.4. The molecule has 16 heavy (non-hydrogen) atoms. The molecule has 0 unspecified atom stereocenters. The molecule has 88 valence electrons. The molecular weight excluding hydrogens is 228 g/mol. The van der Waals surface area contributed by atoms with Gasteiger partial charge in [-0.2, -0.15) is 0 Å². The first-order valence-electron chi connectivity index (χ1n) is 5.01. The van der Waals surface area contributed by atoms with Gasteiger partial charge in [0.2, 0.25) is 5.91 Å². The summed E-state index contributed by atoms with van der Waals surface area (Å²) in [4.78, 5) is 11.4. The normalized spacial score (nSPS) is 9.94. The summed E-state index contributed by atoms with van der Waals surface area (Å²) < 4.78 is 5.01. The maximum atomic E-state index is 11.4. The molecule has 0 bridgehead atoms. The average Bonchev–Trinajstić information content (AvgIpc) is 2.29. The van der Waals surface area contributed by atoms with Gasteiger partial charge in [-0.05, 0) is 25.1 Å². The molecule has 1 amide bonds. The fourth-order valence-electron chi connectivity index (χ4n) is 1.20. The Hall–Kier alpha value is -1.26. The lowest BCUT2D eigenvalue weighted by molar-refractivity contribution is -0.116. The van der Waals surface area contributed by atoms with Crippen molar-refractivity contribution in [1.29, 1.82) is 0 Å². The zero-order chi connectivity index (χ0) is 12.0. The Bertz CT molecular complexity index is 369. The zero-order valence-corrected chi connectivity index (χ0v) is 9.88. The molecule has 0 aliphatic heterocycles. The van der Waals surface area contributed by atoms with Crippen molar-refractivity contribution in [3.63, 3.8) is 0 Å². The minimum Gasteiger partial charge on any atom is -0.497 e. The largest absolute Gasteiger partial charge is 0.497 e. The number of rotatable bonds is 5. The molecule has 1 aromatic rings. The van der Waals surface area contributed by atoms with Crippen LogP contribution in [0.4, 0.5) is 5.69 Å². The number of nitrogens with one attached hydrogen (secondary N) is 1. The molecule has 0 heterocycles. The van der Waals surface area contributed by atoms with E-state index in [0.717, 1.165) is 0 Å². The Morgan fingerprint density at radius 2 is 2.31 bits per heavy atom. The van der Waals surface area contributed by atoms with E-state index in [1.807, 2.05) is 0 Å². The highest BCUT2D eigenvalue weighted by molar-refractivity contribution is 6.33. The summed E-state index contributed by atoms with van der Waals surface area (Å²) >= 11 is 5.97. The number of benzene rings is 1. The van der Waals surface area contributed by atoms with Crippen LogP contribution in [-0.2, 0) is 4.79 Å². The molecule has 0 aliphatic rings. The second-order valence-electron chi connectivity index (χ2n) is 3.29. The quantitative estimate of drug-likeness (QED) is 0.830. The molecule has 0 aliphatic carbocycles. The lowest BCUT2D eigenvalue weighted by atomic mass is 10.2. The summed E-state index contributed by atoms with van der Waals surface area (Å²) in [7, 11) is 1.56. The second-order valence-corrected chi connectivity index (χ2v) is 3.69. The van der Waals surface area contributed by atoms with Crippen LogP contribution in [-0.4, -0.2) is 19.6 Å². The monoisotopic (exact) mass is 242 g/mol. The van der Waals surface area contributed by atoms with Gasteiger partial charge in [-0.1, -0.05) is 11.6 Å². The standard InChI is InChI=1S/C11H15ClN2O2/c1-16-8-4-5-10(9(12)7-8)14-11(15)3-2-6-13/h4-5,7H,2-3,6,13H2,1H3,(H,14,15). The molecule has 0 fully saturated rings. The molecule has 0 atom stereocenters. The van der Waals surface area contributed by atoms with Crippen molar-refractivity contribution in [3.05, 3.63) is 23.2 Å².